The molecule has 1 amide bonds. The fraction of sp³-hybridized carbons (Fsp3) is 0.400. The Morgan fingerprint density at radius 2 is 1.93 bits per heavy atom. The number of hydrogen-bond acceptors (Lipinski definition) is 6. The Morgan fingerprint density at radius 3 is 2.56 bits per heavy atom. The van der Waals surface area contributed by atoms with Crippen molar-refractivity contribution in [1.82, 2.24) is 0 Å². The molecule has 1 N–H and O–H groups in total. The summed E-state index contributed by atoms with van der Waals surface area (Å²) in [4.78, 5) is 13.5. The molecule has 7 heteroatoms. The molecular formula is C20H22N2O4S. The highest BCUT2D eigenvalue weighted by atomic mass is 32.1. The minimum absolute atomic E-state index is 0.167. The van der Waals surface area contributed by atoms with Gasteiger partial charge in [0.2, 0.25) is 0 Å². The predicted octanol–water partition coefficient (Wildman–Crippen LogP) is 3.78. The average Bonchev–Trinajstić information content (AvgIpc) is 3.01. The molecule has 1 aliphatic rings. The minimum atomic E-state index is -0.306. The number of nitriles is 1. The van der Waals surface area contributed by atoms with Crippen LogP contribution in [0.3, 0.4) is 0 Å². The van der Waals surface area contributed by atoms with Gasteiger partial charge in [-0.05, 0) is 30.7 Å². The van der Waals surface area contributed by atoms with Gasteiger partial charge in [-0.1, -0.05) is 6.92 Å². The summed E-state index contributed by atoms with van der Waals surface area (Å²) in [5.41, 5.74) is 1.69. The summed E-state index contributed by atoms with van der Waals surface area (Å²) in [6.07, 6.45) is 2.93. The Bertz CT molecular complexity index is 863. The van der Waals surface area contributed by atoms with E-state index in [0.717, 1.165) is 24.8 Å². The lowest BCUT2D eigenvalue weighted by Gasteiger charge is -2.17. The van der Waals surface area contributed by atoms with Gasteiger partial charge < -0.3 is 19.5 Å². The van der Waals surface area contributed by atoms with Gasteiger partial charge >= 0.3 is 0 Å². The molecule has 6 nitrogen and oxygen atoms in total. The predicted molar refractivity (Wildman–Crippen MR) is 104 cm³/mol. The summed E-state index contributed by atoms with van der Waals surface area (Å²) in [5.74, 6) is 1.94. The molecule has 1 heterocycles. The number of nitrogens with one attached hydrogen (secondary N) is 1. The molecule has 1 aliphatic carbocycles. The van der Waals surface area contributed by atoms with E-state index in [4.69, 9.17) is 14.2 Å². The van der Waals surface area contributed by atoms with Crippen molar-refractivity contribution in [3.8, 4) is 23.3 Å². The van der Waals surface area contributed by atoms with E-state index >= 15 is 0 Å². The third-order valence-corrected chi connectivity index (χ3v) is 5.74. The smallest absolute Gasteiger partial charge is 0.262 e. The average molecular weight is 386 g/mol. The Balaban J connectivity index is 1.68. The van der Waals surface area contributed by atoms with Crippen LogP contribution in [-0.2, 0) is 17.6 Å². The number of carbonyl (C=O) groups excluding carboxylic acids is 1. The second kappa shape index (κ2) is 8.31. The normalized spacial score (nSPS) is 15.4. The molecule has 0 saturated heterocycles. The third kappa shape index (κ3) is 4.34. The monoisotopic (exact) mass is 386 g/mol. The summed E-state index contributed by atoms with van der Waals surface area (Å²) in [6, 6.07) is 7.34. The standard InChI is InChI=1S/C20H22N2O4S/c1-12-4-5-16-17(10-21)20(27-18(16)6-12)22-19(23)11-26-15-8-13(24-2)7-14(9-15)25-3/h7-9,12H,4-6,11H2,1-3H3,(H,22,23)/t12-/m1/s1. The molecule has 0 fully saturated rings. The molecule has 0 radical (unpaired) electrons. The van der Waals surface area contributed by atoms with E-state index in [1.54, 1.807) is 32.4 Å². The second-order valence-electron chi connectivity index (χ2n) is 6.55. The number of amides is 1. The van der Waals surface area contributed by atoms with Crippen LogP contribution in [0.15, 0.2) is 18.2 Å². The maximum atomic E-state index is 12.3. The highest BCUT2D eigenvalue weighted by molar-refractivity contribution is 7.16. The summed E-state index contributed by atoms with van der Waals surface area (Å²) < 4.78 is 15.9. The van der Waals surface area contributed by atoms with Crippen molar-refractivity contribution in [2.45, 2.75) is 26.2 Å². The van der Waals surface area contributed by atoms with Crippen molar-refractivity contribution in [3.63, 3.8) is 0 Å². The van der Waals surface area contributed by atoms with Gasteiger partial charge in [0.25, 0.3) is 5.91 Å². The van der Waals surface area contributed by atoms with Gasteiger partial charge in [-0.2, -0.15) is 5.26 Å². The van der Waals surface area contributed by atoms with E-state index in [2.05, 4.69) is 18.3 Å². The van der Waals surface area contributed by atoms with Gasteiger partial charge in [0, 0.05) is 23.1 Å². The molecule has 27 heavy (non-hydrogen) atoms. The van der Waals surface area contributed by atoms with Crippen LogP contribution in [-0.4, -0.2) is 26.7 Å². The molecule has 1 aromatic carbocycles. The Labute approximate surface area is 162 Å². The largest absolute Gasteiger partial charge is 0.496 e. The molecule has 2 aromatic rings. The molecule has 0 unspecified atom stereocenters. The number of ether oxygens (including phenoxy) is 3. The van der Waals surface area contributed by atoms with E-state index in [1.807, 2.05) is 0 Å². The van der Waals surface area contributed by atoms with E-state index in [9.17, 15) is 10.1 Å². The van der Waals surface area contributed by atoms with Crippen LogP contribution >= 0.6 is 11.3 Å². The number of nitrogens with zero attached hydrogens (tertiary/aromatic N) is 1. The number of hydrogen-bond donors (Lipinski definition) is 1. The van der Waals surface area contributed by atoms with Crippen molar-refractivity contribution >= 4 is 22.2 Å². The van der Waals surface area contributed by atoms with Crippen LogP contribution in [0.25, 0.3) is 0 Å². The summed E-state index contributed by atoms with van der Waals surface area (Å²) in [7, 11) is 3.10. The molecular weight excluding hydrogens is 364 g/mol. The number of thiophene rings is 1. The maximum absolute atomic E-state index is 12.3. The summed E-state index contributed by atoms with van der Waals surface area (Å²) in [6.45, 7) is 2.05. The number of fused-ring (bicyclic) bond motifs is 1. The fourth-order valence-electron chi connectivity index (χ4n) is 3.13. The van der Waals surface area contributed by atoms with Gasteiger partial charge in [-0.25, -0.2) is 0 Å². The molecule has 1 aromatic heterocycles. The first-order chi connectivity index (χ1) is 13.0. The lowest BCUT2D eigenvalue weighted by molar-refractivity contribution is -0.118. The lowest BCUT2D eigenvalue weighted by atomic mass is 9.89. The number of carbonyl (C=O) groups is 1. The zero-order valence-corrected chi connectivity index (χ0v) is 16.4. The van der Waals surface area contributed by atoms with Crippen molar-refractivity contribution in [2.75, 3.05) is 26.1 Å². The van der Waals surface area contributed by atoms with Gasteiger partial charge in [0.05, 0.1) is 19.8 Å². The van der Waals surface area contributed by atoms with E-state index in [1.165, 1.54) is 16.2 Å². The van der Waals surface area contributed by atoms with Gasteiger partial charge in [-0.15, -0.1) is 11.3 Å². The van der Waals surface area contributed by atoms with E-state index in [-0.39, 0.29) is 12.5 Å². The highest BCUT2D eigenvalue weighted by Crippen LogP contribution is 2.39. The van der Waals surface area contributed by atoms with Crippen LogP contribution in [0.5, 0.6) is 17.2 Å². The van der Waals surface area contributed by atoms with Crippen LogP contribution in [0.2, 0.25) is 0 Å². The van der Waals surface area contributed by atoms with Crippen LogP contribution < -0.4 is 19.5 Å². The zero-order chi connectivity index (χ0) is 19.4. The van der Waals surface area contributed by atoms with Gasteiger partial charge in [-0.3, -0.25) is 4.79 Å². The SMILES string of the molecule is COc1cc(OC)cc(OCC(=O)Nc2sc3c(c2C#N)CC[C@@H](C)C3)c1. The minimum Gasteiger partial charge on any atom is -0.496 e. The second-order valence-corrected chi connectivity index (χ2v) is 7.66. The number of benzene rings is 1. The van der Waals surface area contributed by atoms with Crippen molar-refractivity contribution in [1.29, 1.82) is 5.26 Å². The highest BCUT2D eigenvalue weighted by Gasteiger charge is 2.24. The van der Waals surface area contributed by atoms with Crippen molar-refractivity contribution < 1.29 is 19.0 Å². The molecule has 0 saturated carbocycles. The lowest BCUT2D eigenvalue weighted by Crippen LogP contribution is -2.20. The first-order valence-corrected chi connectivity index (χ1v) is 9.56. The quantitative estimate of drug-likeness (QED) is 0.817. The van der Waals surface area contributed by atoms with Crippen molar-refractivity contribution in [2.24, 2.45) is 5.92 Å². The topological polar surface area (TPSA) is 80.6 Å². The van der Waals surface area contributed by atoms with Gasteiger partial charge in [0.15, 0.2) is 6.61 Å². The third-order valence-electron chi connectivity index (χ3n) is 4.57. The van der Waals surface area contributed by atoms with Gasteiger partial charge in [0.1, 0.15) is 28.3 Å². The summed E-state index contributed by atoms with van der Waals surface area (Å²) >= 11 is 1.50. The molecule has 142 valence electrons. The summed E-state index contributed by atoms with van der Waals surface area (Å²) in [5, 5.41) is 13.0. The van der Waals surface area contributed by atoms with E-state index < -0.39 is 0 Å². The number of rotatable bonds is 6. The van der Waals surface area contributed by atoms with Crippen LogP contribution in [0.1, 0.15) is 29.3 Å². The Morgan fingerprint density at radius 1 is 1.26 bits per heavy atom. The molecule has 0 spiro atoms. The molecule has 0 aliphatic heterocycles. The molecule has 3 rings (SSSR count). The van der Waals surface area contributed by atoms with Crippen molar-refractivity contribution in [3.05, 3.63) is 34.2 Å². The van der Waals surface area contributed by atoms with E-state index in [0.29, 0.717) is 33.7 Å². The number of methoxy groups -OCH3 is 2. The first-order valence-electron chi connectivity index (χ1n) is 8.74. The zero-order valence-electron chi connectivity index (χ0n) is 15.6. The Hall–Kier alpha value is -2.72. The van der Waals surface area contributed by atoms with Crippen LogP contribution in [0.4, 0.5) is 5.00 Å². The fourth-order valence-corrected chi connectivity index (χ4v) is 4.51. The molecule has 1 atom stereocenters. The maximum Gasteiger partial charge on any atom is 0.262 e. The molecule has 0 bridgehead atoms. The van der Waals surface area contributed by atoms with Crippen LogP contribution in [0, 0.1) is 17.2 Å². The first kappa shape index (κ1) is 19.1. The number of anilines is 1. The Kier molecular flexibility index (Phi) is 5.87.